The van der Waals surface area contributed by atoms with E-state index in [1.807, 2.05) is 21.5 Å². The van der Waals surface area contributed by atoms with Crippen molar-refractivity contribution in [2.45, 2.75) is 50.5 Å². The van der Waals surface area contributed by atoms with Crippen LogP contribution in [0.3, 0.4) is 0 Å². The molecule has 0 spiro atoms. The maximum atomic E-state index is 5.66. The van der Waals surface area contributed by atoms with Crippen LogP contribution in [0, 0.1) is 0 Å². The number of rotatable bonds is 4. The highest BCUT2D eigenvalue weighted by Gasteiger charge is 2.25. The largest absolute Gasteiger partial charge is 0.380 e. The zero-order valence-corrected chi connectivity index (χ0v) is 22.2. The minimum atomic E-state index is 0.582. The summed E-state index contributed by atoms with van der Waals surface area (Å²) in [6.07, 6.45) is 13.5. The van der Waals surface area contributed by atoms with Crippen molar-refractivity contribution in [1.82, 2.24) is 23.7 Å². The lowest BCUT2D eigenvalue weighted by Crippen LogP contribution is -2.37. The first-order chi connectivity index (χ1) is 17.2. The molecule has 1 atom stereocenters. The highest BCUT2D eigenvalue weighted by molar-refractivity contribution is 7.78. The Morgan fingerprint density at radius 2 is 2.00 bits per heavy atom. The van der Waals surface area contributed by atoms with E-state index in [0.29, 0.717) is 12.0 Å². The van der Waals surface area contributed by atoms with Crippen LogP contribution in [0.2, 0.25) is 0 Å². The van der Waals surface area contributed by atoms with E-state index >= 15 is 0 Å². The Kier molecular flexibility index (Phi) is 7.00. The fraction of sp³-hybridized carbons (Fsp3) is 0.556. The van der Waals surface area contributed by atoms with Crippen molar-refractivity contribution in [2.24, 2.45) is 0 Å². The van der Waals surface area contributed by atoms with Gasteiger partial charge in [0, 0.05) is 60.4 Å². The summed E-state index contributed by atoms with van der Waals surface area (Å²) in [5.74, 6) is 0.582. The van der Waals surface area contributed by atoms with E-state index in [4.69, 9.17) is 14.7 Å². The fourth-order valence-corrected chi connectivity index (χ4v) is 7.14. The van der Waals surface area contributed by atoms with Gasteiger partial charge >= 0.3 is 0 Å². The zero-order valence-electron chi connectivity index (χ0n) is 20.5. The average molecular weight is 510 g/mol. The number of fused-ring (bicyclic) bond motifs is 1. The standard InChI is InChI=1S/C27H35N5OS2/c1-30-10-7-20(8-11-30)27-29-25(18-35-27)24-17-32(34)26-23(24)15-21(16-28-26)19-3-5-22(6-4-19)31-9-2-13-33-14-12-31/h3,15-18,20,22,34H,2,4-14H2,1H3. The molecule has 0 N–H and O–H groups in total. The van der Waals surface area contributed by atoms with Crippen LogP contribution in [0.15, 0.2) is 29.9 Å². The molecule has 6 nitrogen and oxygen atoms in total. The molecule has 1 unspecified atom stereocenters. The van der Waals surface area contributed by atoms with Crippen molar-refractivity contribution in [3.05, 3.63) is 40.5 Å². The molecule has 0 saturated carbocycles. The first-order valence-electron chi connectivity index (χ1n) is 13.0. The smallest absolute Gasteiger partial charge is 0.150 e. The number of nitrogens with zero attached hydrogens (tertiary/aromatic N) is 5. The topological polar surface area (TPSA) is 46.4 Å². The van der Waals surface area contributed by atoms with Crippen LogP contribution in [0.25, 0.3) is 27.9 Å². The predicted molar refractivity (Wildman–Crippen MR) is 147 cm³/mol. The predicted octanol–water partition coefficient (Wildman–Crippen LogP) is 5.32. The number of ether oxygens (including phenoxy) is 1. The van der Waals surface area contributed by atoms with Crippen LogP contribution in [0.4, 0.5) is 0 Å². The number of aromatic nitrogens is 3. The van der Waals surface area contributed by atoms with Crippen molar-refractivity contribution in [1.29, 1.82) is 0 Å². The van der Waals surface area contributed by atoms with Gasteiger partial charge in [-0.3, -0.25) is 8.87 Å². The molecule has 35 heavy (non-hydrogen) atoms. The SMILES string of the molecule is CN1CCC(c2nc(-c3cn(S)c4ncc(C5=CCC(N6CCCOCC6)CC5)cc34)cs2)CC1. The summed E-state index contributed by atoms with van der Waals surface area (Å²) in [7, 11) is 2.21. The van der Waals surface area contributed by atoms with Crippen molar-refractivity contribution in [2.75, 3.05) is 46.4 Å². The van der Waals surface area contributed by atoms with Gasteiger partial charge in [-0.2, -0.15) is 0 Å². The van der Waals surface area contributed by atoms with Crippen molar-refractivity contribution < 1.29 is 4.74 Å². The van der Waals surface area contributed by atoms with Crippen molar-refractivity contribution in [3.63, 3.8) is 0 Å². The van der Waals surface area contributed by atoms with Crippen LogP contribution >= 0.6 is 24.2 Å². The number of thiazole rings is 1. The monoisotopic (exact) mass is 509 g/mol. The number of pyridine rings is 1. The van der Waals surface area contributed by atoms with Gasteiger partial charge in [0.1, 0.15) is 5.65 Å². The molecular formula is C27H35N5OS2. The lowest BCUT2D eigenvalue weighted by molar-refractivity contribution is 0.129. The highest BCUT2D eigenvalue weighted by atomic mass is 32.1. The molecule has 0 amide bonds. The van der Waals surface area contributed by atoms with Gasteiger partial charge in [-0.15, -0.1) is 11.3 Å². The van der Waals surface area contributed by atoms with E-state index in [1.165, 1.54) is 35.4 Å². The Morgan fingerprint density at radius 1 is 1.11 bits per heavy atom. The second-order valence-electron chi connectivity index (χ2n) is 10.3. The van der Waals surface area contributed by atoms with Gasteiger partial charge in [-0.1, -0.05) is 18.9 Å². The number of thiol groups is 1. The molecule has 2 aliphatic heterocycles. The molecule has 0 radical (unpaired) electrons. The molecule has 5 heterocycles. The molecule has 2 fully saturated rings. The summed E-state index contributed by atoms with van der Waals surface area (Å²) in [6.45, 7) is 6.31. The molecule has 186 valence electrons. The number of likely N-dealkylation sites (tertiary alicyclic amines) is 1. The first-order valence-corrected chi connectivity index (χ1v) is 14.3. The lowest BCUT2D eigenvalue weighted by Gasteiger charge is -2.32. The molecule has 3 aromatic rings. The summed E-state index contributed by atoms with van der Waals surface area (Å²) in [5, 5.41) is 4.64. The number of hydrogen-bond acceptors (Lipinski definition) is 7. The third-order valence-electron chi connectivity index (χ3n) is 8.02. The van der Waals surface area contributed by atoms with Gasteiger partial charge < -0.3 is 9.64 Å². The van der Waals surface area contributed by atoms with Gasteiger partial charge in [-0.05, 0) is 75.9 Å². The summed E-state index contributed by atoms with van der Waals surface area (Å²) in [6, 6.07) is 2.95. The molecular weight excluding hydrogens is 474 g/mol. The van der Waals surface area contributed by atoms with E-state index in [0.717, 1.165) is 80.9 Å². The minimum Gasteiger partial charge on any atom is -0.380 e. The summed E-state index contributed by atoms with van der Waals surface area (Å²) < 4.78 is 7.50. The zero-order chi connectivity index (χ0) is 23.8. The van der Waals surface area contributed by atoms with Gasteiger partial charge in [0.2, 0.25) is 0 Å². The number of allylic oxidation sites excluding steroid dienone is 1. The maximum Gasteiger partial charge on any atom is 0.150 e. The molecule has 8 heteroatoms. The fourth-order valence-electron chi connectivity index (χ4n) is 5.87. The normalized spacial score (nSPS) is 23.5. The lowest BCUT2D eigenvalue weighted by atomic mass is 9.90. The molecule has 3 aromatic heterocycles. The van der Waals surface area contributed by atoms with Crippen LogP contribution < -0.4 is 0 Å². The number of piperidine rings is 1. The Morgan fingerprint density at radius 3 is 2.83 bits per heavy atom. The Hall–Kier alpha value is -1.71. The maximum absolute atomic E-state index is 5.66. The van der Waals surface area contributed by atoms with Crippen LogP contribution in [0.1, 0.15) is 55.0 Å². The second kappa shape index (κ2) is 10.3. The van der Waals surface area contributed by atoms with Crippen molar-refractivity contribution >= 4 is 40.8 Å². The Labute approximate surface area is 217 Å². The van der Waals surface area contributed by atoms with Gasteiger partial charge in [0.05, 0.1) is 17.3 Å². The Bertz CT molecular complexity index is 1200. The summed E-state index contributed by atoms with van der Waals surface area (Å²) >= 11 is 6.48. The molecule has 1 aliphatic carbocycles. The second-order valence-corrected chi connectivity index (χ2v) is 11.6. The molecule has 2 saturated heterocycles. The third-order valence-corrected chi connectivity index (χ3v) is 9.33. The molecule has 3 aliphatic rings. The first kappa shape index (κ1) is 23.7. The minimum absolute atomic E-state index is 0.582. The molecule has 0 bridgehead atoms. The molecule has 6 rings (SSSR count). The van der Waals surface area contributed by atoms with Gasteiger partial charge in [0.15, 0.2) is 0 Å². The van der Waals surface area contributed by atoms with E-state index in [2.05, 4.69) is 53.4 Å². The van der Waals surface area contributed by atoms with E-state index in [1.54, 1.807) is 0 Å². The van der Waals surface area contributed by atoms with Crippen LogP contribution in [-0.2, 0) is 4.74 Å². The van der Waals surface area contributed by atoms with Crippen LogP contribution in [-0.4, -0.2) is 76.2 Å². The van der Waals surface area contributed by atoms with Gasteiger partial charge in [-0.25, -0.2) is 9.97 Å². The van der Waals surface area contributed by atoms with Crippen molar-refractivity contribution in [3.8, 4) is 11.3 Å². The Balaban J connectivity index is 1.24. The summed E-state index contributed by atoms with van der Waals surface area (Å²) in [4.78, 5) is 15.0. The number of hydrogen-bond donors (Lipinski definition) is 1. The highest BCUT2D eigenvalue weighted by Crippen LogP contribution is 2.37. The van der Waals surface area contributed by atoms with E-state index < -0.39 is 0 Å². The quantitative estimate of drug-likeness (QED) is 0.483. The van der Waals surface area contributed by atoms with Crippen LogP contribution in [0.5, 0.6) is 0 Å². The van der Waals surface area contributed by atoms with E-state index in [9.17, 15) is 0 Å². The average Bonchev–Trinajstić information content (AvgIpc) is 3.39. The van der Waals surface area contributed by atoms with Gasteiger partial charge in [0.25, 0.3) is 0 Å². The van der Waals surface area contributed by atoms with E-state index in [-0.39, 0.29) is 0 Å². The summed E-state index contributed by atoms with van der Waals surface area (Å²) in [5.41, 5.74) is 5.76. The molecule has 0 aromatic carbocycles. The third kappa shape index (κ3) is 4.96.